The molecule has 1 fully saturated rings. The molecule has 0 aliphatic heterocycles. The maximum atomic E-state index is 12.2. The lowest BCUT2D eigenvalue weighted by atomic mass is 10.1. The Morgan fingerprint density at radius 1 is 1.41 bits per heavy atom. The van der Waals surface area contributed by atoms with Crippen molar-refractivity contribution in [2.24, 2.45) is 17.3 Å². The zero-order valence-corrected chi connectivity index (χ0v) is 13.7. The lowest BCUT2D eigenvalue weighted by Gasteiger charge is -2.06. The minimum absolute atomic E-state index is 0.00232. The Kier molecular flexibility index (Phi) is 3.87. The summed E-state index contributed by atoms with van der Waals surface area (Å²) in [4.78, 5) is 12.2. The van der Waals surface area contributed by atoms with Gasteiger partial charge in [0, 0.05) is 0 Å². The number of para-hydroxylation sites is 1. The highest BCUT2D eigenvalue weighted by atomic mass is 35.5. The van der Waals surface area contributed by atoms with Crippen molar-refractivity contribution in [3.8, 4) is 0 Å². The van der Waals surface area contributed by atoms with Gasteiger partial charge in [0.25, 0.3) is 0 Å². The highest BCUT2D eigenvalue weighted by molar-refractivity contribution is 6.55. The first-order valence-electron chi connectivity index (χ1n) is 6.89. The van der Waals surface area contributed by atoms with E-state index in [9.17, 15) is 4.79 Å². The molecular formula is C15H15Cl2N3O2. The van der Waals surface area contributed by atoms with Crippen LogP contribution in [0.1, 0.15) is 13.8 Å². The molecule has 3 rings (SSSR count). The fraction of sp³-hybridized carbons (Fsp3) is 0.400. The summed E-state index contributed by atoms with van der Waals surface area (Å²) in [5.74, 6) is -0.521. The summed E-state index contributed by atoms with van der Waals surface area (Å²) in [6.07, 6.45) is 1.69. The maximum Gasteiger partial charge on any atom is 0.311 e. The Balaban J connectivity index is 1.67. The van der Waals surface area contributed by atoms with Crippen molar-refractivity contribution in [1.29, 1.82) is 0 Å². The van der Waals surface area contributed by atoms with Gasteiger partial charge < -0.3 is 4.74 Å². The number of nitrogens with zero attached hydrogens (tertiary/aromatic N) is 3. The van der Waals surface area contributed by atoms with Gasteiger partial charge in [-0.1, -0.05) is 54.4 Å². The van der Waals surface area contributed by atoms with Gasteiger partial charge >= 0.3 is 5.97 Å². The van der Waals surface area contributed by atoms with Crippen LogP contribution in [0, 0.1) is 17.3 Å². The van der Waals surface area contributed by atoms with Crippen molar-refractivity contribution in [2.45, 2.75) is 20.6 Å². The van der Waals surface area contributed by atoms with E-state index in [1.807, 2.05) is 38.1 Å². The predicted octanol–water partition coefficient (Wildman–Crippen LogP) is 3.52. The number of fused-ring (bicyclic) bond motifs is 1. The fourth-order valence-corrected chi connectivity index (χ4v) is 3.07. The van der Waals surface area contributed by atoms with Crippen LogP contribution in [-0.4, -0.2) is 21.0 Å². The molecule has 22 heavy (non-hydrogen) atoms. The van der Waals surface area contributed by atoms with Crippen molar-refractivity contribution >= 4 is 40.2 Å². The standard InChI is InChI=1S/C15H15Cl2N3O2/c1-15(2)9(7-12(16)17)13(15)14(21)22-8-20-11-6-4-3-5-10(11)18-19-20/h3-7,9,13H,8H2,1-2H3/t9-,13+/m0/s1. The van der Waals surface area contributed by atoms with Crippen LogP contribution in [-0.2, 0) is 16.3 Å². The molecule has 1 aromatic carbocycles. The Morgan fingerprint density at radius 2 is 2.14 bits per heavy atom. The van der Waals surface area contributed by atoms with Crippen LogP contribution in [0.15, 0.2) is 34.8 Å². The number of rotatable bonds is 4. The van der Waals surface area contributed by atoms with Gasteiger partial charge in [-0.05, 0) is 29.5 Å². The molecule has 1 aromatic heterocycles. The Bertz CT molecular complexity index is 750. The summed E-state index contributed by atoms with van der Waals surface area (Å²) in [6.45, 7) is 4.01. The highest BCUT2D eigenvalue weighted by Crippen LogP contribution is 2.60. The van der Waals surface area contributed by atoms with Crippen LogP contribution in [0.2, 0.25) is 0 Å². The molecule has 0 amide bonds. The molecule has 0 saturated heterocycles. The number of hydrogen-bond donors (Lipinski definition) is 0. The average Bonchev–Trinajstić information content (AvgIpc) is 2.83. The lowest BCUT2D eigenvalue weighted by molar-refractivity contribution is -0.150. The summed E-state index contributed by atoms with van der Waals surface area (Å²) in [5.41, 5.74) is 1.39. The van der Waals surface area contributed by atoms with E-state index in [0.717, 1.165) is 11.0 Å². The topological polar surface area (TPSA) is 57.0 Å². The Hall–Kier alpha value is -1.59. The van der Waals surface area contributed by atoms with Gasteiger partial charge in [0.05, 0.1) is 11.4 Å². The number of esters is 1. The van der Waals surface area contributed by atoms with Gasteiger partial charge in [-0.2, -0.15) is 0 Å². The molecule has 1 aliphatic rings. The van der Waals surface area contributed by atoms with Crippen LogP contribution in [0.25, 0.3) is 11.0 Å². The SMILES string of the molecule is CC1(C)[C@@H](C=C(Cl)Cl)[C@@H]1C(=O)OCn1nnc2ccccc21. The molecule has 0 unspecified atom stereocenters. The van der Waals surface area contributed by atoms with Crippen LogP contribution >= 0.6 is 23.2 Å². The van der Waals surface area contributed by atoms with E-state index in [4.69, 9.17) is 27.9 Å². The first-order valence-corrected chi connectivity index (χ1v) is 7.64. The van der Waals surface area contributed by atoms with Crippen molar-refractivity contribution in [1.82, 2.24) is 15.0 Å². The molecule has 0 radical (unpaired) electrons. The third-order valence-corrected chi connectivity index (χ3v) is 4.47. The second kappa shape index (κ2) is 5.56. The van der Waals surface area contributed by atoms with Crippen LogP contribution in [0.5, 0.6) is 0 Å². The molecule has 2 atom stereocenters. The van der Waals surface area contributed by atoms with Crippen molar-refractivity contribution in [3.05, 3.63) is 34.8 Å². The van der Waals surface area contributed by atoms with Gasteiger partial charge in [-0.25, -0.2) is 4.68 Å². The minimum atomic E-state index is -0.277. The lowest BCUT2D eigenvalue weighted by Crippen LogP contribution is -2.14. The predicted molar refractivity (Wildman–Crippen MR) is 84.2 cm³/mol. The first-order chi connectivity index (χ1) is 10.4. The summed E-state index contributed by atoms with van der Waals surface area (Å²) < 4.78 is 7.11. The second-order valence-corrected chi connectivity index (χ2v) is 6.96. The first kappa shape index (κ1) is 15.3. The van der Waals surface area contributed by atoms with E-state index in [1.165, 1.54) is 0 Å². The van der Waals surface area contributed by atoms with Crippen LogP contribution in [0.4, 0.5) is 0 Å². The normalized spacial score (nSPS) is 22.4. The number of ether oxygens (including phenoxy) is 1. The summed E-state index contributed by atoms with van der Waals surface area (Å²) >= 11 is 11.4. The largest absolute Gasteiger partial charge is 0.442 e. The molecule has 0 spiro atoms. The molecule has 116 valence electrons. The van der Waals surface area contributed by atoms with Gasteiger partial charge in [0.1, 0.15) is 10.0 Å². The molecule has 0 bridgehead atoms. The molecule has 1 aliphatic carbocycles. The fourth-order valence-electron chi connectivity index (χ4n) is 2.80. The Labute approximate surface area is 137 Å². The van der Waals surface area contributed by atoms with Crippen LogP contribution < -0.4 is 0 Å². The van der Waals surface area contributed by atoms with Crippen molar-refractivity contribution < 1.29 is 9.53 Å². The highest BCUT2D eigenvalue weighted by Gasteiger charge is 2.61. The number of benzene rings is 1. The molecule has 1 saturated carbocycles. The number of carbonyl (C=O) groups is 1. The van der Waals surface area contributed by atoms with E-state index >= 15 is 0 Å². The van der Waals surface area contributed by atoms with Crippen molar-refractivity contribution in [2.75, 3.05) is 0 Å². The number of aromatic nitrogens is 3. The van der Waals surface area contributed by atoms with Gasteiger partial charge in [0.15, 0.2) is 6.73 Å². The number of halogens is 2. The van der Waals surface area contributed by atoms with E-state index in [-0.39, 0.29) is 34.4 Å². The van der Waals surface area contributed by atoms with Gasteiger partial charge in [-0.3, -0.25) is 4.79 Å². The molecule has 2 aromatic rings. The summed E-state index contributed by atoms with van der Waals surface area (Å²) in [7, 11) is 0. The zero-order valence-electron chi connectivity index (χ0n) is 12.2. The quantitative estimate of drug-likeness (QED) is 0.799. The molecule has 7 heteroatoms. The van der Waals surface area contributed by atoms with Crippen LogP contribution in [0.3, 0.4) is 0 Å². The molecule has 5 nitrogen and oxygen atoms in total. The summed E-state index contributed by atoms with van der Waals surface area (Å²) in [6, 6.07) is 7.50. The average molecular weight is 340 g/mol. The third-order valence-electron chi connectivity index (χ3n) is 4.22. The van der Waals surface area contributed by atoms with E-state index < -0.39 is 0 Å². The third kappa shape index (κ3) is 2.71. The number of allylic oxidation sites excluding steroid dienone is 1. The minimum Gasteiger partial charge on any atom is -0.442 e. The second-order valence-electron chi connectivity index (χ2n) is 5.95. The zero-order chi connectivity index (χ0) is 15.9. The smallest absolute Gasteiger partial charge is 0.311 e. The van der Waals surface area contributed by atoms with Gasteiger partial charge in [-0.15, -0.1) is 5.10 Å². The van der Waals surface area contributed by atoms with Gasteiger partial charge in [0.2, 0.25) is 0 Å². The number of carbonyl (C=O) groups excluding carboxylic acids is 1. The van der Waals surface area contributed by atoms with E-state index in [1.54, 1.807) is 10.8 Å². The Morgan fingerprint density at radius 3 is 2.86 bits per heavy atom. The van der Waals surface area contributed by atoms with E-state index in [2.05, 4.69) is 10.3 Å². The monoisotopic (exact) mass is 339 g/mol. The molecule has 0 N–H and O–H groups in total. The summed E-state index contributed by atoms with van der Waals surface area (Å²) in [5, 5.41) is 8.00. The van der Waals surface area contributed by atoms with Crippen molar-refractivity contribution in [3.63, 3.8) is 0 Å². The van der Waals surface area contributed by atoms with E-state index in [0.29, 0.717) is 0 Å². The maximum absolute atomic E-state index is 12.2. The number of hydrogen-bond acceptors (Lipinski definition) is 4. The molecular weight excluding hydrogens is 325 g/mol. The molecule has 1 heterocycles.